The fourth-order valence-corrected chi connectivity index (χ4v) is 2.02. The van der Waals surface area contributed by atoms with Crippen molar-refractivity contribution in [2.24, 2.45) is 5.92 Å². The van der Waals surface area contributed by atoms with Gasteiger partial charge in [0.2, 0.25) is 5.91 Å². The molecule has 1 amide bonds. The molecule has 18 heavy (non-hydrogen) atoms. The highest BCUT2D eigenvalue weighted by Gasteiger charge is 2.18. The summed E-state index contributed by atoms with van der Waals surface area (Å²) in [6.45, 7) is 2.88. The second kappa shape index (κ2) is 6.42. The number of anilines is 1. The van der Waals surface area contributed by atoms with Crippen LogP contribution in [0, 0.1) is 5.92 Å². The number of likely N-dealkylation sites (N-methyl/N-ethyl adjacent to an activating group) is 1. The van der Waals surface area contributed by atoms with Crippen LogP contribution in [0.1, 0.15) is 6.42 Å². The summed E-state index contributed by atoms with van der Waals surface area (Å²) in [7, 11) is 1.94. The number of rotatable bonds is 5. The van der Waals surface area contributed by atoms with Crippen molar-refractivity contribution in [3.63, 3.8) is 0 Å². The van der Waals surface area contributed by atoms with Crippen LogP contribution in [0.15, 0.2) is 18.6 Å². The Bertz CT molecular complexity index is 379. The number of aromatic nitrogens is 2. The molecule has 6 heteroatoms. The predicted octanol–water partition coefficient (Wildman–Crippen LogP) is 0.383. The third-order valence-corrected chi connectivity index (χ3v) is 2.84. The fraction of sp³-hybridized carbons (Fsp3) is 0.583. The zero-order chi connectivity index (χ0) is 12.8. The van der Waals surface area contributed by atoms with Gasteiger partial charge in [0, 0.05) is 25.5 Å². The van der Waals surface area contributed by atoms with E-state index in [-0.39, 0.29) is 5.91 Å². The minimum atomic E-state index is -0.0723. The zero-order valence-corrected chi connectivity index (χ0v) is 10.5. The van der Waals surface area contributed by atoms with E-state index in [1.54, 1.807) is 12.4 Å². The van der Waals surface area contributed by atoms with Crippen molar-refractivity contribution in [1.29, 1.82) is 0 Å². The first-order valence-electron chi connectivity index (χ1n) is 6.06. The van der Waals surface area contributed by atoms with Gasteiger partial charge in [-0.1, -0.05) is 0 Å². The summed E-state index contributed by atoms with van der Waals surface area (Å²) in [4.78, 5) is 21.6. The van der Waals surface area contributed by atoms with Crippen molar-refractivity contribution in [2.45, 2.75) is 6.42 Å². The molecule has 2 heterocycles. The summed E-state index contributed by atoms with van der Waals surface area (Å²) < 4.78 is 5.31. The highest BCUT2D eigenvalue weighted by molar-refractivity contribution is 5.91. The van der Waals surface area contributed by atoms with E-state index < -0.39 is 0 Å². The lowest BCUT2D eigenvalue weighted by Crippen LogP contribution is -2.34. The monoisotopic (exact) mass is 250 g/mol. The Balaban J connectivity index is 1.73. The Morgan fingerprint density at radius 2 is 2.50 bits per heavy atom. The molecular weight excluding hydrogens is 232 g/mol. The molecule has 0 aliphatic carbocycles. The van der Waals surface area contributed by atoms with Gasteiger partial charge in [-0.2, -0.15) is 0 Å². The first-order valence-corrected chi connectivity index (χ1v) is 6.06. The van der Waals surface area contributed by atoms with Crippen molar-refractivity contribution in [2.75, 3.05) is 38.7 Å². The number of carbonyl (C=O) groups is 1. The van der Waals surface area contributed by atoms with E-state index in [0.29, 0.717) is 18.3 Å². The van der Waals surface area contributed by atoms with Crippen LogP contribution in [-0.2, 0) is 9.53 Å². The summed E-state index contributed by atoms with van der Waals surface area (Å²) in [5, 5.41) is 2.71. The SMILES string of the molecule is CN(CC(=O)Nc1cnccn1)C[C@@H]1CCOC1. The lowest BCUT2D eigenvalue weighted by molar-refractivity contribution is -0.117. The van der Waals surface area contributed by atoms with Crippen molar-refractivity contribution in [1.82, 2.24) is 14.9 Å². The summed E-state index contributed by atoms with van der Waals surface area (Å²) in [5.74, 6) is 0.955. The Kier molecular flexibility index (Phi) is 4.60. The molecule has 1 aliphatic heterocycles. The number of nitrogens with zero attached hydrogens (tertiary/aromatic N) is 3. The molecule has 0 radical (unpaired) electrons. The van der Waals surface area contributed by atoms with Gasteiger partial charge in [0.1, 0.15) is 0 Å². The van der Waals surface area contributed by atoms with Crippen molar-refractivity contribution in [3.8, 4) is 0 Å². The molecule has 1 saturated heterocycles. The lowest BCUT2D eigenvalue weighted by Gasteiger charge is -2.19. The Hall–Kier alpha value is -1.53. The molecule has 0 unspecified atom stereocenters. The second-order valence-electron chi connectivity index (χ2n) is 4.57. The average molecular weight is 250 g/mol. The maximum absolute atomic E-state index is 11.7. The first-order chi connectivity index (χ1) is 8.74. The molecule has 0 saturated carbocycles. The first kappa shape index (κ1) is 12.9. The molecule has 1 aromatic rings. The molecule has 0 bridgehead atoms. The molecule has 6 nitrogen and oxygen atoms in total. The van der Waals surface area contributed by atoms with Crippen LogP contribution >= 0.6 is 0 Å². The zero-order valence-electron chi connectivity index (χ0n) is 10.5. The van der Waals surface area contributed by atoms with Crippen LogP contribution in [-0.4, -0.2) is 54.1 Å². The summed E-state index contributed by atoms with van der Waals surface area (Å²) in [6, 6.07) is 0. The van der Waals surface area contributed by atoms with E-state index in [4.69, 9.17) is 4.74 Å². The minimum Gasteiger partial charge on any atom is -0.381 e. The number of carbonyl (C=O) groups excluding carboxylic acids is 1. The van der Waals surface area contributed by atoms with Crippen molar-refractivity contribution >= 4 is 11.7 Å². The average Bonchev–Trinajstić information content (AvgIpc) is 2.82. The number of nitrogens with one attached hydrogen (secondary N) is 1. The van der Waals surface area contributed by atoms with Gasteiger partial charge in [0.15, 0.2) is 5.82 Å². The quantitative estimate of drug-likeness (QED) is 0.818. The van der Waals surface area contributed by atoms with Gasteiger partial charge in [-0.15, -0.1) is 0 Å². The molecular formula is C12H18N4O2. The van der Waals surface area contributed by atoms with E-state index in [1.165, 1.54) is 6.20 Å². The molecule has 1 N–H and O–H groups in total. The van der Waals surface area contributed by atoms with Crippen molar-refractivity contribution in [3.05, 3.63) is 18.6 Å². The summed E-state index contributed by atoms with van der Waals surface area (Å²) in [5.41, 5.74) is 0. The fourth-order valence-electron chi connectivity index (χ4n) is 2.02. The molecule has 1 aliphatic rings. The number of ether oxygens (including phenoxy) is 1. The van der Waals surface area contributed by atoms with Gasteiger partial charge in [0.05, 0.1) is 19.3 Å². The molecule has 98 valence electrons. The van der Waals surface area contributed by atoms with Gasteiger partial charge in [-0.3, -0.25) is 14.7 Å². The summed E-state index contributed by atoms with van der Waals surface area (Å²) in [6.07, 6.45) is 5.73. The third-order valence-electron chi connectivity index (χ3n) is 2.84. The third kappa shape index (κ3) is 4.05. The maximum atomic E-state index is 11.7. The van der Waals surface area contributed by atoms with E-state index in [2.05, 4.69) is 15.3 Å². The Labute approximate surface area is 106 Å². The molecule has 1 atom stereocenters. The maximum Gasteiger partial charge on any atom is 0.239 e. The molecule has 1 aromatic heterocycles. The van der Waals surface area contributed by atoms with Crippen LogP contribution in [0.4, 0.5) is 5.82 Å². The molecule has 0 aromatic carbocycles. The Morgan fingerprint density at radius 1 is 1.61 bits per heavy atom. The molecule has 2 rings (SSSR count). The van der Waals surface area contributed by atoms with E-state index in [9.17, 15) is 4.79 Å². The van der Waals surface area contributed by atoms with Gasteiger partial charge in [0.25, 0.3) is 0 Å². The topological polar surface area (TPSA) is 67.4 Å². The highest BCUT2D eigenvalue weighted by Crippen LogP contribution is 2.12. The smallest absolute Gasteiger partial charge is 0.239 e. The van der Waals surface area contributed by atoms with Crippen LogP contribution in [0.3, 0.4) is 0 Å². The number of hydrogen-bond donors (Lipinski definition) is 1. The van der Waals surface area contributed by atoms with E-state index >= 15 is 0 Å². The molecule has 1 fully saturated rings. The predicted molar refractivity (Wildman–Crippen MR) is 67.1 cm³/mol. The number of amides is 1. The van der Waals surface area contributed by atoms with Gasteiger partial charge >= 0.3 is 0 Å². The standard InChI is InChI=1S/C12H18N4O2/c1-16(7-10-2-5-18-9-10)8-12(17)15-11-6-13-3-4-14-11/h3-4,6,10H,2,5,7-9H2,1H3,(H,14,15,17)/t10-/m0/s1. The molecule has 0 spiro atoms. The van der Waals surface area contributed by atoms with Crippen molar-refractivity contribution < 1.29 is 9.53 Å². The number of hydrogen-bond acceptors (Lipinski definition) is 5. The van der Waals surface area contributed by atoms with Gasteiger partial charge in [-0.05, 0) is 19.4 Å². The van der Waals surface area contributed by atoms with Crippen LogP contribution < -0.4 is 5.32 Å². The van der Waals surface area contributed by atoms with Crippen LogP contribution in [0.2, 0.25) is 0 Å². The second-order valence-corrected chi connectivity index (χ2v) is 4.57. The highest BCUT2D eigenvalue weighted by atomic mass is 16.5. The van der Waals surface area contributed by atoms with Crippen LogP contribution in [0.25, 0.3) is 0 Å². The van der Waals surface area contributed by atoms with Gasteiger partial charge in [-0.25, -0.2) is 4.98 Å². The largest absolute Gasteiger partial charge is 0.381 e. The minimum absolute atomic E-state index is 0.0723. The van der Waals surface area contributed by atoms with Crippen LogP contribution in [0.5, 0.6) is 0 Å². The summed E-state index contributed by atoms with van der Waals surface area (Å²) >= 11 is 0. The normalized spacial score (nSPS) is 19.1. The lowest BCUT2D eigenvalue weighted by atomic mass is 10.1. The van der Waals surface area contributed by atoms with Gasteiger partial charge < -0.3 is 10.1 Å². The van der Waals surface area contributed by atoms with E-state index in [0.717, 1.165) is 26.2 Å². The Morgan fingerprint density at radius 3 is 3.17 bits per heavy atom. The van der Waals surface area contributed by atoms with E-state index in [1.807, 2.05) is 11.9 Å².